The summed E-state index contributed by atoms with van der Waals surface area (Å²) in [6.45, 7) is 2.13. The number of rotatable bonds is 3. The predicted octanol–water partition coefficient (Wildman–Crippen LogP) is 0.722. The van der Waals surface area contributed by atoms with Gasteiger partial charge in [-0.15, -0.1) is 0 Å². The lowest BCUT2D eigenvalue weighted by molar-refractivity contribution is -0.128. The maximum absolute atomic E-state index is 11.9. The van der Waals surface area contributed by atoms with Crippen molar-refractivity contribution in [3.05, 3.63) is 18.3 Å². The molecule has 1 fully saturated rings. The second-order valence-corrected chi connectivity index (χ2v) is 4.39. The van der Waals surface area contributed by atoms with Crippen LogP contribution in [0.4, 0.5) is 11.5 Å². The zero-order chi connectivity index (χ0) is 12.3. The molecular formula is C12H18N4O. The molecule has 0 atom stereocenters. The Hall–Kier alpha value is -1.78. The summed E-state index contributed by atoms with van der Waals surface area (Å²) in [7, 11) is 1.86. The fraction of sp³-hybridized carbons (Fsp3) is 0.500. The van der Waals surface area contributed by atoms with Gasteiger partial charge in [0.15, 0.2) is 0 Å². The minimum atomic E-state index is 0.161. The molecule has 2 N–H and O–H groups in total. The third kappa shape index (κ3) is 2.87. The Balaban J connectivity index is 1.96. The highest BCUT2D eigenvalue weighted by atomic mass is 16.2. The summed E-state index contributed by atoms with van der Waals surface area (Å²) in [5.74, 6) is 0.895. The maximum Gasteiger partial charge on any atom is 0.242 e. The minimum absolute atomic E-state index is 0.161. The molecule has 0 aromatic carbocycles. The molecule has 5 heteroatoms. The van der Waals surface area contributed by atoms with Crippen LogP contribution in [0, 0.1) is 0 Å². The second kappa shape index (κ2) is 5.03. The summed E-state index contributed by atoms with van der Waals surface area (Å²) in [6, 6.07) is 3.51. The molecule has 0 spiro atoms. The number of nitrogens with zero attached hydrogens (tertiary/aromatic N) is 3. The summed E-state index contributed by atoms with van der Waals surface area (Å²) < 4.78 is 0. The molecular weight excluding hydrogens is 216 g/mol. The van der Waals surface area contributed by atoms with Gasteiger partial charge in [-0.3, -0.25) is 4.79 Å². The monoisotopic (exact) mass is 234 g/mol. The molecule has 92 valence electrons. The van der Waals surface area contributed by atoms with Crippen LogP contribution >= 0.6 is 0 Å². The maximum atomic E-state index is 11.9. The smallest absolute Gasteiger partial charge is 0.242 e. The van der Waals surface area contributed by atoms with E-state index in [4.69, 9.17) is 5.73 Å². The van der Waals surface area contributed by atoms with Gasteiger partial charge in [-0.2, -0.15) is 0 Å². The normalized spacial score (nSPS) is 15.0. The molecule has 1 aliphatic rings. The molecule has 0 unspecified atom stereocenters. The summed E-state index contributed by atoms with van der Waals surface area (Å²) in [4.78, 5) is 19.9. The number of hydrogen-bond acceptors (Lipinski definition) is 4. The van der Waals surface area contributed by atoms with Gasteiger partial charge < -0.3 is 15.5 Å². The summed E-state index contributed by atoms with van der Waals surface area (Å²) in [5, 5.41) is 0. The number of amides is 1. The first-order valence-electron chi connectivity index (χ1n) is 5.87. The van der Waals surface area contributed by atoms with E-state index in [1.807, 2.05) is 16.8 Å². The predicted molar refractivity (Wildman–Crippen MR) is 67.7 cm³/mol. The van der Waals surface area contributed by atoms with Crippen molar-refractivity contribution in [2.45, 2.75) is 12.8 Å². The van der Waals surface area contributed by atoms with Gasteiger partial charge in [-0.25, -0.2) is 4.98 Å². The lowest BCUT2D eigenvalue weighted by Crippen LogP contribution is -2.37. The van der Waals surface area contributed by atoms with Crippen LogP contribution in [0.25, 0.3) is 0 Å². The van der Waals surface area contributed by atoms with Crippen molar-refractivity contribution in [1.29, 1.82) is 0 Å². The molecule has 1 aliphatic heterocycles. The first kappa shape index (κ1) is 11.7. The second-order valence-electron chi connectivity index (χ2n) is 4.39. The Morgan fingerprint density at radius 3 is 2.88 bits per heavy atom. The molecule has 0 bridgehead atoms. The molecule has 0 radical (unpaired) electrons. The van der Waals surface area contributed by atoms with E-state index in [0.29, 0.717) is 12.2 Å². The summed E-state index contributed by atoms with van der Waals surface area (Å²) in [5.41, 5.74) is 6.35. The van der Waals surface area contributed by atoms with Crippen LogP contribution in [-0.2, 0) is 4.79 Å². The van der Waals surface area contributed by atoms with Gasteiger partial charge in [0.25, 0.3) is 0 Å². The van der Waals surface area contributed by atoms with Gasteiger partial charge in [0.1, 0.15) is 5.82 Å². The van der Waals surface area contributed by atoms with E-state index in [2.05, 4.69) is 4.98 Å². The first-order chi connectivity index (χ1) is 8.16. The molecule has 2 rings (SSSR count). The van der Waals surface area contributed by atoms with E-state index in [9.17, 15) is 4.79 Å². The minimum Gasteiger partial charge on any atom is -0.399 e. The lowest BCUT2D eigenvalue weighted by atomic mass is 10.3. The highest BCUT2D eigenvalue weighted by Gasteiger charge is 2.19. The zero-order valence-electron chi connectivity index (χ0n) is 10.1. The van der Waals surface area contributed by atoms with E-state index in [0.717, 1.165) is 31.7 Å². The zero-order valence-corrected chi connectivity index (χ0v) is 10.1. The average Bonchev–Trinajstić information content (AvgIpc) is 2.82. The first-order valence-corrected chi connectivity index (χ1v) is 5.87. The molecule has 17 heavy (non-hydrogen) atoms. The standard InChI is InChI=1S/C12H18N4O/c1-15(11-8-10(13)4-5-14-11)9-12(17)16-6-2-3-7-16/h4-5,8H,2-3,6-7,9H2,1H3,(H2,13,14). The van der Waals surface area contributed by atoms with E-state index < -0.39 is 0 Å². The van der Waals surface area contributed by atoms with E-state index in [-0.39, 0.29) is 5.91 Å². The molecule has 1 aromatic rings. The summed E-state index contributed by atoms with van der Waals surface area (Å²) in [6.07, 6.45) is 3.89. The van der Waals surface area contributed by atoms with Gasteiger partial charge in [0.2, 0.25) is 5.91 Å². The Kier molecular flexibility index (Phi) is 3.46. The Morgan fingerprint density at radius 1 is 1.53 bits per heavy atom. The van der Waals surface area contributed by atoms with Crippen LogP contribution < -0.4 is 10.6 Å². The number of hydrogen-bond donors (Lipinski definition) is 1. The lowest BCUT2D eigenvalue weighted by Gasteiger charge is -2.22. The highest BCUT2D eigenvalue weighted by Crippen LogP contribution is 2.13. The Morgan fingerprint density at radius 2 is 2.24 bits per heavy atom. The molecule has 0 saturated carbocycles. The fourth-order valence-electron chi connectivity index (χ4n) is 1.99. The quantitative estimate of drug-likeness (QED) is 0.837. The van der Waals surface area contributed by atoms with Gasteiger partial charge in [0, 0.05) is 38.1 Å². The van der Waals surface area contributed by atoms with Crippen LogP contribution in [0.3, 0.4) is 0 Å². The number of pyridine rings is 1. The van der Waals surface area contributed by atoms with Crippen molar-refractivity contribution in [3.8, 4) is 0 Å². The topological polar surface area (TPSA) is 62.5 Å². The molecule has 2 heterocycles. The molecule has 1 saturated heterocycles. The Bertz CT molecular complexity index is 401. The van der Waals surface area contributed by atoms with Crippen molar-refractivity contribution < 1.29 is 4.79 Å². The van der Waals surface area contributed by atoms with Crippen molar-refractivity contribution in [3.63, 3.8) is 0 Å². The van der Waals surface area contributed by atoms with Crippen LogP contribution in [0.2, 0.25) is 0 Å². The van der Waals surface area contributed by atoms with Crippen LogP contribution in [0.1, 0.15) is 12.8 Å². The highest BCUT2D eigenvalue weighted by molar-refractivity contribution is 5.81. The van der Waals surface area contributed by atoms with E-state index >= 15 is 0 Å². The molecule has 5 nitrogen and oxygen atoms in total. The van der Waals surface area contributed by atoms with Crippen molar-refractivity contribution in [2.75, 3.05) is 37.3 Å². The van der Waals surface area contributed by atoms with Crippen molar-refractivity contribution >= 4 is 17.4 Å². The van der Waals surface area contributed by atoms with Gasteiger partial charge in [0.05, 0.1) is 6.54 Å². The third-order valence-electron chi connectivity index (χ3n) is 2.99. The SMILES string of the molecule is CN(CC(=O)N1CCCC1)c1cc(N)ccn1. The van der Waals surface area contributed by atoms with Gasteiger partial charge in [-0.1, -0.05) is 0 Å². The average molecular weight is 234 g/mol. The number of aromatic nitrogens is 1. The number of nitrogen functional groups attached to an aromatic ring is 1. The Labute approximate surface area is 101 Å². The third-order valence-corrected chi connectivity index (χ3v) is 2.99. The van der Waals surface area contributed by atoms with Crippen molar-refractivity contribution in [2.24, 2.45) is 0 Å². The number of likely N-dealkylation sites (tertiary alicyclic amines) is 1. The number of anilines is 2. The largest absolute Gasteiger partial charge is 0.399 e. The molecule has 1 amide bonds. The number of carbonyl (C=O) groups is 1. The van der Waals surface area contributed by atoms with Crippen molar-refractivity contribution in [1.82, 2.24) is 9.88 Å². The van der Waals surface area contributed by atoms with Gasteiger partial charge in [-0.05, 0) is 18.9 Å². The summed E-state index contributed by atoms with van der Waals surface area (Å²) >= 11 is 0. The number of likely N-dealkylation sites (N-methyl/N-ethyl adjacent to an activating group) is 1. The van der Waals surface area contributed by atoms with E-state index in [1.54, 1.807) is 18.3 Å². The fourth-order valence-corrected chi connectivity index (χ4v) is 1.99. The van der Waals surface area contributed by atoms with Gasteiger partial charge >= 0.3 is 0 Å². The van der Waals surface area contributed by atoms with E-state index in [1.165, 1.54) is 0 Å². The molecule has 1 aromatic heterocycles. The van der Waals surface area contributed by atoms with Crippen LogP contribution in [0.15, 0.2) is 18.3 Å². The van der Waals surface area contributed by atoms with Crippen LogP contribution in [0.5, 0.6) is 0 Å². The molecule has 0 aliphatic carbocycles. The number of carbonyl (C=O) groups excluding carboxylic acids is 1. The van der Waals surface area contributed by atoms with Crippen LogP contribution in [-0.4, -0.2) is 42.5 Å². The number of nitrogens with two attached hydrogens (primary N) is 1.